The van der Waals surface area contributed by atoms with E-state index in [1.165, 1.54) is 73.1 Å². The molecular weight excluding hydrogens is 1500 g/mol. The Morgan fingerprint density at radius 2 is 0.907 bits per heavy atom. The Hall–Kier alpha value is -10.8. The standard InChI is InChI=1S/C26H23Cl2FN6OS.C26H23ClF2N6OS.C25H25FN6OS/c1-26(2,3)23-33-21(18-9-10-31-24(30)32-18)22(37-23)15-5-4-6-19(20(15)29)35-12-11-34(25(35)36)14-7-8-16(27)17(28)13-14;1-26(2,3)23-33-21(17-9-10-31-24(30)32-17)22(37-23)15-5-4-6-19(20(15)29)35-12-11-34(25(35)36)18-8-7-14(28)13-16(18)27;1-14-5-8-16(9-6-14)29-24(33)31-19-13-15(7-10-17(19)26)21-20(18-11-12-28-23(27)30-18)32-22(34-21)25(2,3)4/h2*4-10,13H,11-12H2,1-3H3,(H2,30,31,32);5-13H,1-4H3,(H2,27,28,30)(H2,29,31,33). The molecule has 108 heavy (non-hydrogen) atoms. The number of urea groups is 3. The number of hydrogen-bond acceptors (Lipinski definition) is 18. The number of thiazole rings is 3. The third kappa shape index (κ3) is 16.8. The molecule has 31 heteroatoms. The maximum atomic E-state index is 16.2. The van der Waals surface area contributed by atoms with Crippen molar-refractivity contribution in [2.75, 3.05) is 73.6 Å². The molecule has 8 N–H and O–H groups in total. The fourth-order valence-electron chi connectivity index (χ4n) is 11.3. The zero-order valence-corrected chi connectivity index (χ0v) is 64.6. The van der Waals surface area contributed by atoms with Crippen LogP contribution in [-0.4, -0.2) is 89.1 Å². The van der Waals surface area contributed by atoms with Gasteiger partial charge in [-0.3, -0.25) is 19.6 Å². The molecule has 2 saturated heterocycles. The zero-order chi connectivity index (χ0) is 77.4. The lowest BCUT2D eigenvalue weighted by Gasteiger charge is -2.21. The molecule has 0 atom stereocenters. The van der Waals surface area contributed by atoms with Gasteiger partial charge < -0.3 is 27.8 Å². The van der Waals surface area contributed by atoms with Crippen LogP contribution in [0.25, 0.3) is 65.5 Å². The van der Waals surface area contributed by atoms with E-state index in [1.807, 2.05) is 60.6 Å². The summed E-state index contributed by atoms with van der Waals surface area (Å²) in [7, 11) is 0. The molecule has 14 rings (SSSR count). The van der Waals surface area contributed by atoms with Gasteiger partial charge in [0.05, 0.1) is 84.6 Å². The molecule has 2 aliphatic heterocycles. The SMILES string of the molecule is CC(C)(C)c1nc(-c2ccnc(N)n2)c(-c2cccc(N3CCN(c4ccc(Cl)c(Cl)c4)C3=O)c2F)s1.CC(C)(C)c1nc(-c2ccnc(N)n2)c(-c2cccc(N3CCN(c4ccc(F)cc4Cl)C3=O)c2F)s1.Cc1ccc(NC(=O)Nc2cc(-c3sc(C(C)(C)C)nc3-c3ccnc(N)n3)ccc2F)cc1. The van der Waals surface area contributed by atoms with Gasteiger partial charge in [-0.25, -0.2) is 76.8 Å². The van der Waals surface area contributed by atoms with Crippen molar-refractivity contribution in [2.45, 2.75) is 85.5 Å². The molecule has 2 fully saturated rings. The van der Waals surface area contributed by atoms with Gasteiger partial charge in [0.1, 0.15) is 28.7 Å². The van der Waals surface area contributed by atoms with Gasteiger partial charge in [0.15, 0.2) is 11.6 Å². The van der Waals surface area contributed by atoms with Gasteiger partial charge in [0, 0.05) is 83.5 Å². The Bertz CT molecular complexity index is 5430. The van der Waals surface area contributed by atoms with Crippen LogP contribution in [0.3, 0.4) is 0 Å². The molecule has 6 aromatic heterocycles. The molecule has 12 aromatic rings. The van der Waals surface area contributed by atoms with E-state index in [2.05, 4.69) is 61.3 Å². The number of aromatic nitrogens is 9. The summed E-state index contributed by atoms with van der Waals surface area (Å²) in [6.45, 7) is 21.6. The van der Waals surface area contributed by atoms with Gasteiger partial charge in [-0.05, 0) is 103 Å². The second kappa shape index (κ2) is 31.2. The molecule has 0 aliphatic carbocycles. The summed E-state index contributed by atoms with van der Waals surface area (Å²) in [5.41, 5.74) is 24.2. The number of amides is 6. The van der Waals surface area contributed by atoms with E-state index >= 15 is 8.78 Å². The summed E-state index contributed by atoms with van der Waals surface area (Å²) in [4.78, 5) is 86.1. The van der Waals surface area contributed by atoms with E-state index in [0.717, 1.165) is 31.5 Å². The van der Waals surface area contributed by atoms with Crippen LogP contribution in [-0.2, 0) is 16.2 Å². The second-order valence-corrected chi connectivity index (χ2v) is 32.2. The van der Waals surface area contributed by atoms with E-state index in [9.17, 15) is 23.2 Å². The van der Waals surface area contributed by atoms with E-state index < -0.39 is 35.3 Å². The molecule has 8 heterocycles. The second-order valence-electron chi connectivity index (χ2n) is 28.0. The average Bonchev–Trinajstić information content (AvgIpc) is 1.57. The summed E-state index contributed by atoms with van der Waals surface area (Å²) in [6.07, 6.45) is 4.65. The van der Waals surface area contributed by atoms with Crippen molar-refractivity contribution in [1.29, 1.82) is 0 Å². The summed E-state index contributed by atoms with van der Waals surface area (Å²) >= 11 is 22.6. The van der Waals surface area contributed by atoms with E-state index in [0.29, 0.717) is 101 Å². The molecule has 0 spiro atoms. The van der Waals surface area contributed by atoms with Crippen molar-refractivity contribution in [2.24, 2.45) is 0 Å². The third-order valence-electron chi connectivity index (χ3n) is 16.8. The van der Waals surface area contributed by atoms with Gasteiger partial charge in [-0.2, -0.15) is 0 Å². The number of hydrogen-bond donors (Lipinski definition) is 5. The van der Waals surface area contributed by atoms with Gasteiger partial charge in [0.25, 0.3) is 0 Å². The minimum Gasteiger partial charge on any atom is -0.368 e. The topological polar surface area (TPSA) is 282 Å². The minimum atomic E-state index is -0.560. The fourth-order valence-corrected chi connectivity index (χ4v) is 15.3. The highest BCUT2D eigenvalue weighted by Gasteiger charge is 2.37. The van der Waals surface area contributed by atoms with E-state index in [1.54, 1.807) is 114 Å². The molecule has 0 saturated carbocycles. The first kappa shape index (κ1) is 76.9. The highest BCUT2D eigenvalue weighted by atomic mass is 35.5. The van der Waals surface area contributed by atoms with Gasteiger partial charge in [-0.15, -0.1) is 34.0 Å². The van der Waals surface area contributed by atoms with E-state index in [-0.39, 0.29) is 75.3 Å². The van der Waals surface area contributed by atoms with Crippen molar-refractivity contribution in [3.05, 3.63) is 211 Å². The summed E-state index contributed by atoms with van der Waals surface area (Å²) in [6, 6.07) is 34.4. The normalized spacial score (nSPS) is 13.2. The van der Waals surface area contributed by atoms with Crippen molar-refractivity contribution in [1.82, 2.24) is 44.9 Å². The number of carbonyl (C=O) groups is 3. The number of nitrogen functional groups attached to an aromatic ring is 3. The smallest absolute Gasteiger partial charge is 0.329 e. The largest absolute Gasteiger partial charge is 0.368 e. The molecule has 554 valence electrons. The van der Waals surface area contributed by atoms with Gasteiger partial charge >= 0.3 is 18.1 Å². The minimum absolute atomic E-state index is 0.0565. The number of carbonyl (C=O) groups excluding carboxylic acids is 3. The quantitative estimate of drug-likeness (QED) is 0.0711. The number of halogens is 7. The molecule has 21 nitrogen and oxygen atoms in total. The van der Waals surface area contributed by atoms with Gasteiger partial charge in [0.2, 0.25) is 17.8 Å². The first-order valence-corrected chi connectivity index (χ1v) is 37.2. The third-order valence-corrected chi connectivity index (χ3v) is 22.4. The Kier molecular flexibility index (Phi) is 22.2. The Labute approximate surface area is 646 Å². The number of anilines is 9. The first-order chi connectivity index (χ1) is 51.2. The summed E-state index contributed by atoms with van der Waals surface area (Å²) in [5.74, 6) is -1.79. The predicted molar refractivity (Wildman–Crippen MR) is 427 cm³/mol. The summed E-state index contributed by atoms with van der Waals surface area (Å²) < 4.78 is 60.5. The van der Waals surface area contributed by atoms with Crippen molar-refractivity contribution < 1.29 is 31.9 Å². The maximum absolute atomic E-state index is 16.2. The molecule has 0 unspecified atom stereocenters. The zero-order valence-electron chi connectivity index (χ0n) is 59.9. The Morgan fingerprint density at radius 3 is 1.36 bits per heavy atom. The molecule has 2 aliphatic rings. The van der Waals surface area contributed by atoms with Gasteiger partial charge in [-0.1, -0.05) is 145 Å². The number of nitrogens with zero attached hydrogens (tertiary/aromatic N) is 13. The van der Waals surface area contributed by atoms with Crippen LogP contribution >= 0.6 is 68.8 Å². The lowest BCUT2D eigenvalue weighted by molar-refractivity contribution is 0.255. The van der Waals surface area contributed by atoms with E-state index in [4.69, 9.17) is 67.0 Å². The number of aryl methyl sites for hydroxylation is 1. The first-order valence-electron chi connectivity index (χ1n) is 33.6. The highest BCUT2D eigenvalue weighted by molar-refractivity contribution is 7.16. The molecule has 0 radical (unpaired) electrons. The molecule has 0 bridgehead atoms. The molecule has 6 aromatic carbocycles. The van der Waals surface area contributed by atoms with Crippen LogP contribution in [0.2, 0.25) is 15.1 Å². The fraction of sp³-hybridized carbons (Fsp3) is 0.221. The van der Waals surface area contributed by atoms with Crippen LogP contribution in [0.1, 0.15) is 82.9 Å². The monoisotopic (exact) mass is 1570 g/mol. The lowest BCUT2D eigenvalue weighted by atomic mass is 9.98. The van der Waals surface area contributed by atoms with Crippen LogP contribution in [0.15, 0.2) is 152 Å². The lowest BCUT2D eigenvalue weighted by Crippen LogP contribution is -2.32. The van der Waals surface area contributed by atoms with Crippen LogP contribution in [0.4, 0.5) is 83.9 Å². The summed E-state index contributed by atoms with van der Waals surface area (Å²) in [5, 5.41) is 8.68. The van der Waals surface area contributed by atoms with Crippen molar-refractivity contribution in [3.63, 3.8) is 0 Å². The number of rotatable bonds is 12. The van der Waals surface area contributed by atoms with Crippen molar-refractivity contribution >= 4 is 139 Å². The number of nitrogens with one attached hydrogen (secondary N) is 2. The maximum Gasteiger partial charge on any atom is 0.329 e. The Balaban J connectivity index is 0.000000151. The number of benzene rings is 6. The Morgan fingerprint density at radius 1 is 0.463 bits per heavy atom. The number of nitrogens with two attached hydrogens (primary N) is 3. The molecule has 6 amide bonds. The predicted octanol–water partition coefficient (Wildman–Crippen LogP) is 19.8. The van der Waals surface area contributed by atoms with Crippen LogP contribution in [0.5, 0.6) is 0 Å². The van der Waals surface area contributed by atoms with Crippen molar-refractivity contribution in [3.8, 4) is 65.5 Å². The van der Waals surface area contributed by atoms with Crippen LogP contribution in [0, 0.1) is 30.2 Å². The van der Waals surface area contributed by atoms with Crippen LogP contribution < -0.4 is 47.4 Å². The molecular formula is C77H71Cl3F4N18O3S3. The average molecular weight is 1580 g/mol. The highest BCUT2D eigenvalue weighted by Crippen LogP contribution is 2.47.